The predicted molar refractivity (Wildman–Crippen MR) is 75.0 cm³/mol. The molecule has 1 aliphatic rings. The van der Waals surface area contributed by atoms with E-state index in [1.165, 1.54) is 5.56 Å². The standard InChI is InChI=1S/C16H23NO/c1-3-9-16(10-4-11-17-12-16)15(18)14-7-5-13(2)6-8-14/h5-8,17H,3-4,9-12H2,1-2H3. The SMILES string of the molecule is CCCC1(C(=O)c2ccc(C)cc2)CCCNC1. The second kappa shape index (κ2) is 5.66. The van der Waals surface area contributed by atoms with Gasteiger partial charge in [0.2, 0.25) is 0 Å². The Kier molecular flexibility index (Phi) is 4.18. The average Bonchev–Trinajstić information content (AvgIpc) is 2.40. The molecule has 18 heavy (non-hydrogen) atoms. The van der Waals surface area contributed by atoms with Crippen LogP contribution in [-0.4, -0.2) is 18.9 Å². The second-order valence-corrected chi connectivity index (χ2v) is 5.51. The fraction of sp³-hybridized carbons (Fsp3) is 0.562. The maximum atomic E-state index is 12.8. The van der Waals surface area contributed by atoms with Crippen LogP contribution in [0.2, 0.25) is 0 Å². The van der Waals surface area contributed by atoms with Gasteiger partial charge in [0.05, 0.1) is 0 Å². The van der Waals surface area contributed by atoms with E-state index in [9.17, 15) is 4.79 Å². The molecule has 2 nitrogen and oxygen atoms in total. The largest absolute Gasteiger partial charge is 0.316 e. The Labute approximate surface area is 110 Å². The van der Waals surface area contributed by atoms with Crippen molar-refractivity contribution >= 4 is 5.78 Å². The monoisotopic (exact) mass is 245 g/mol. The molecule has 0 aliphatic carbocycles. The first-order valence-corrected chi connectivity index (χ1v) is 7.00. The fourth-order valence-corrected chi connectivity index (χ4v) is 2.98. The van der Waals surface area contributed by atoms with Gasteiger partial charge in [-0.1, -0.05) is 43.2 Å². The van der Waals surface area contributed by atoms with Gasteiger partial charge < -0.3 is 5.32 Å². The first-order valence-electron chi connectivity index (χ1n) is 7.00. The molecule has 98 valence electrons. The van der Waals surface area contributed by atoms with Crippen molar-refractivity contribution < 1.29 is 4.79 Å². The Morgan fingerprint density at radius 3 is 2.61 bits per heavy atom. The highest BCUT2D eigenvalue weighted by Crippen LogP contribution is 2.35. The summed E-state index contributed by atoms with van der Waals surface area (Å²) in [5.74, 6) is 0.330. The number of piperidine rings is 1. The first-order chi connectivity index (χ1) is 8.68. The third-order valence-corrected chi connectivity index (χ3v) is 4.00. The zero-order valence-corrected chi connectivity index (χ0v) is 11.5. The Bertz CT molecular complexity index is 396. The predicted octanol–water partition coefficient (Wildman–Crippen LogP) is 3.35. The summed E-state index contributed by atoms with van der Waals surface area (Å²) in [6.07, 6.45) is 4.20. The highest BCUT2D eigenvalue weighted by molar-refractivity contribution is 6.00. The van der Waals surface area contributed by atoms with Gasteiger partial charge in [0.15, 0.2) is 5.78 Å². The van der Waals surface area contributed by atoms with Crippen molar-refractivity contribution in [2.45, 2.75) is 39.5 Å². The van der Waals surface area contributed by atoms with Crippen LogP contribution in [0.5, 0.6) is 0 Å². The highest BCUT2D eigenvalue weighted by Gasteiger charge is 2.38. The van der Waals surface area contributed by atoms with E-state index in [2.05, 4.69) is 19.2 Å². The average molecular weight is 245 g/mol. The summed E-state index contributed by atoms with van der Waals surface area (Å²) in [6.45, 7) is 6.11. The molecule has 0 bridgehead atoms. The lowest BCUT2D eigenvalue weighted by Crippen LogP contribution is -2.45. The zero-order valence-electron chi connectivity index (χ0n) is 11.5. The number of hydrogen-bond acceptors (Lipinski definition) is 2. The molecule has 0 saturated carbocycles. The summed E-state index contributed by atoms with van der Waals surface area (Å²) in [6, 6.07) is 8.01. The maximum absolute atomic E-state index is 12.8. The Morgan fingerprint density at radius 1 is 1.33 bits per heavy atom. The fourth-order valence-electron chi connectivity index (χ4n) is 2.98. The number of aryl methyl sites for hydroxylation is 1. The molecule has 0 spiro atoms. The summed E-state index contributed by atoms with van der Waals surface area (Å²) in [7, 11) is 0. The third-order valence-electron chi connectivity index (χ3n) is 4.00. The molecular weight excluding hydrogens is 222 g/mol. The number of benzene rings is 1. The third kappa shape index (κ3) is 2.64. The van der Waals surface area contributed by atoms with Crippen molar-refractivity contribution in [3.63, 3.8) is 0 Å². The van der Waals surface area contributed by atoms with Crippen LogP contribution in [0.15, 0.2) is 24.3 Å². The summed E-state index contributed by atoms with van der Waals surface area (Å²) in [4.78, 5) is 12.8. The Hall–Kier alpha value is -1.15. The van der Waals surface area contributed by atoms with Gasteiger partial charge in [-0.15, -0.1) is 0 Å². The number of nitrogens with one attached hydrogen (secondary N) is 1. The molecule has 2 rings (SSSR count). The molecule has 1 fully saturated rings. The van der Waals surface area contributed by atoms with Gasteiger partial charge in [-0.3, -0.25) is 4.79 Å². The first kappa shape index (κ1) is 13.3. The molecule has 0 radical (unpaired) electrons. The van der Waals surface area contributed by atoms with Gasteiger partial charge in [0, 0.05) is 17.5 Å². The van der Waals surface area contributed by atoms with E-state index in [1.807, 2.05) is 24.3 Å². The van der Waals surface area contributed by atoms with Gasteiger partial charge in [-0.2, -0.15) is 0 Å². The molecule has 1 aromatic carbocycles. The van der Waals surface area contributed by atoms with Crippen LogP contribution in [0, 0.1) is 12.3 Å². The van der Waals surface area contributed by atoms with Crippen molar-refractivity contribution in [2.75, 3.05) is 13.1 Å². The van der Waals surface area contributed by atoms with E-state index in [0.29, 0.717) is 5.78 Å². The van der Waals surface area contributed by atoms with Gasteiger partial charge in [-0.05, 0) is 32.7 Å². The van der Waals surface area contributed by atoms with Crippen molar-refractivity contribution in [3.05, 3.63) is 35.4 Å². The summed E-state index contributed by atoms with van der Waals surface area (Å²) < 4.78 is 0. The minimum absolute atomic E-state index is 0.164. The van der Waals surface area contributed by atoms with Crippen LogP contribution >= 0.6 is 0 Å². The molecule has 1 saturated heterocycles. The number of rotatable bonds is 4. The normalized spacial score (nSPS) is 23.9. The molecule has 1 aliphatic heterocycles. The minimum Gasteiger partial charge on any atom is -0.316 e. The Morgan fingerprint density at radius 2 is 2.06 bits per heavy atom. The minimum atomic E-state index is -0.164. The smallest absolute Gasteiger partial charge is 0.170 e. The lowest BCUT2D eigenvalue weighted by Gasteiger charge is -2.36. The summed E-state index contributed by atoms with van der Waals surface area (Å²) in [5, 5.41) is 3.40. The van der Waals surface area contributed by atoms with Gasteiger partial charge >= 0.3 is 0 Å². The number of ketones is 1. The van der Waals surface area contributed by atoms with Crippen molar-refractivity contribution in [1.29, 1.82) is 0 Å². The van der Waals surface area contributed by atoms with E-state index in [-0.39, 0.29) is 5.41 Å². The van der Waals surface area contributed by atoms with Crippen LogP contribution in [-0.2, 0) is 0 Å². The highest BCUT2D eigenvalue weighted by atomic mass is 16.1. The topological polar surface area (TPSA) is 29.1 Å². The molecule has 1 aromatic rings. The molecule has 1 N–H and O–H groups in total. The van der Waals surface area contributed by atoms with Crippen LogP contribution in [0.3, 0.4) is 0 Å². The molecule has 0 amide bonds. The van der Waals surface area contributed by atoms with E-state index in [1.54, 1.807) is 0 Å². The second-order valence-electron chi connectivity index (χ2n) is 5.51. The summed E-state index contributed by atoms with van der Waals surface area (Å²) >= 11 is 0. The van der Waals surface area contributed by atoms with Gasteiger partial charge in [-0.25, -0.2) is 0 Å². The quantitative estimate of drug-likeness (QED) is 0.824. The molecule has 1 unspecified atom stereocenters. The van der Waals surface area contributed by atoms with Crippen molar-refractivity contribution in [2.24, 2.45) is 5.41 Å². The van der Waals surface area contributed by atoms with Crippen molar-refractivity contribution in [1.82, 2.24) is 5.32 Å². The lowest BCUT2D eigenvalue weighted by atomic mass is 9.71. The molecule has 1 heterocycles. The zero-order chi connectivity index (χ0) is 13.0. The van der Waals surface area contributed by atoms with Crippen LogP contribution in [0.4, 0.5) is 0 Å². The summed E-state index contributed by atoms with van der Waals surface area (Å²) in [5.41, 5.74) is 1.91. The van der Waals surface area contributed by atoms with E-state index < -0.39 is 0 Å². The van der Waals surface area contributed by atoms with Crippen LogP contribution < -0.4 is 5.32 Å². The number of hydrogen-bond donors (Lipinski definition) is 1. The molecule has 0 aromatic heterocycles. The lowest BCUT2D eigenvalue weighted by molar-refractivity contribution is 0.0718. The molecular formula is C16H23NO. The maximum Gasteiger partial charge on any atom is 0.170 e. The van der Waals surface area contributed by atoms with Gasteiger partial charge in [0.1, 0.15) is 0 Å². The Balaban J connectivity index is 2.24. The van der Waals surface area contributed by atoms with E-state index >= 15 is 0 Å². The van der Waals surface area contributed by atoms with E-state index in [4.69, 9.17) is 0 Å². The number of carbonyl (C=O) groups is 1. The molecule has 1 atom stereocenters. The number of Topliss-reactive ketones (excluding diaryl/α,β-unsaturated/α-hetero) is 1. The number of carbonyl (C=O) groups excluding carboxylic acids is 1. The van der Waals surface area contributed by atoms with Crippen LogP contribution in [0.1, 0.15) is 48.5 Å². The van der Waals surface area contributed by atoms with E-state index in [0.717, 1.165) is 44.3 Å². The van der Waals surface area contributed by atoms with Crippen molar-refractivity contribution in [3.8, 4) is 0 Å². The molecule has 2 heteroatoms. The van der Waals surface area contributed by atoms with Gasteiger partial charge in [0.25, 0.3) is 0 Å². The van der Waals surface area contributed by atoms with Crippen LogP contribution in [0.25, 0.3) is 0 Å².